The van der Waals surface area contributed by atoms with Crippen LogP contribution < -0.4 is 15.8 Å². The average Bonchev–Trinajstić information content (AvgIpc) is 3.36. The van der Waals surface area contributed by atoms with Gasteiger partial charge in [0.25, 0.3) is 5.91 Å². The predicted molar refractivity (Wildman–Crippen MR) is 96.8 cm³/mol. The fourth-order valence-corrected chi connectivity index (χ4v) is 3.53. The number of sulfonamides is 1. The summed E-state index contributed by atoms with van der Waals surface area (Å²) in [5, 5.41) is 2.79. The quantitative estimate of drug-likeness (QED) is 0.643. The molecule has 1 fully saturated rings. The molecule has 0 radical (unpaired) electrons. The van der Waals surface area contributed by atoms with Crippen molar-refractivity contribution in [1.82, 2.24) is 10.0 Å². The Labute approximate surface area is 150 Å². The third-order valence-corrected chi connectivity index (χ3v) is 5.73. The summed E-state index contributed by atoms with van der Waals surface area (Å²) in [5.74, 6) is 0.286. The molecule has 6 nitrogen and oxygen atoms in total. The van der Waals surface area contributed by atoms with Crippen molar-refractivity contribution in [2.45, 2.75) is 50.1 Å². The van der Waals surface area contributed by atoms with Crippen molar-refractivity contribution < 1.29 is 13.2 Å². The first-order valence-electron chi connectivity index (χ1n) is 7.99. The lowest BCUT2D eigenvalue weighted by Gasteiger charge is -2.13. The van der Waals surface area contributed by atoms with Gasteiger partial charge in [-0.25, -0.2) is 13.1 Å². The van der Waals surface area contributed by atoms with Crippen LogP contribution in [0.2, 0.25) is 0 Å². The van der Waals surface area contributed by atoms with E-state index in [1.807, 2.05) is 13.8 Å². The molecule has 0 aliphatic heterocycles. The number of hydrogen-bond acceptors (Lipinski definition) is 4. The normalized spacial score (nSPS) is 16.8. The number of amides is 1. The van der Waals surface area contributed by atoms with Crippen molar-refractivity contribution in [2.24, 2.45) is 11.7 Å². The fraction of sp³-hybridized carbons (Fsp3) is 0.562. The number of hydrogen-bond donors (Lipinski definition) is 3. The molecule has 0 aromatic heterocycles. The first-order chi connectivity index (χ1) is 10.8. The molecule has 1 aromatic carbocycles. The van der Waals surface area contributed by atoms with E-state index in [9.17, 15) is 13.2 Å². The van der Waals surface area contributed by atoms with Crippen LogP contribution >= 0.6 is 12.4 Å². The van der Waals surface area contributed by atoms with Gasteiger partial charge in [0, 0.05) is 24.2 Å². The van der Waals surface area contributed by atoms with E-state index in [0.29, 0.717) is 24.4 Å². The molecule has 2 unspecified atom stereocenters. The zero-order valence-corrected chi connectivity index (χ0v) is 15.6. The Morgan fingerprint density at radius 1 is 1.29 bits per heavy atom. The molecule has 0 heterocycles. The molecule has 8 heteroatoms. The van der Waals surface area contributed by atoms with Gasteiger partial charge in [0.2, 0.25) is 10.0 Å². The van der Waals surface area contributed by atoms with E-state index in [2.05, 4.69) is 10.0 Å². The molecule has 24 heavy (non-hydrogen) atoms. The number of nitrogens with two attached hydrogens (primary N) is 1. The zero-order chi connectivity index (χ0) is 17.0. The highest BCUT2D eigenvalue weighted by Gasteiger charge is 2.28. The van der Waals surface area contributed by atoms with E-state index in [1.54, 1.807) is 0 Å². The Morgan fingerprint density at radius 3 is 2.38 bits per heavy atom. The van der Waals surface area contributed by atoms with E-state index in [-0.39, 0.29) is 35.3 Å². The van der Waals surface area contributed by atoms with E-state index in [1.165, 1.54) is 24.3 Å². The largest absolute Gasteiger partial charge is 0.350 e. The SMILES string of the molecule is CCC(C)NS(=O)(=O)c1ccc(C(=O)NCC(N)C2CC2)cc1.Cl. The molecule has 0 saturated heterocycles. The monoisotopic (exact) mass is 375 g/mol. The van der Waals surface area contributed by atoms with Crippen LogP contribution in [0.3, 0.4) is 0 Å². The van der Waals surface area contributed by atoms with Crippen molar-refractivity contribution in [3.63, 3.8) is 0 Å². The Bertz CT molecular complexity index is 645. The average molecular weight is 376 g/mol. The molecule has 2 atom stereocenters. The van der Waals surface area contributed by atoms with Crippen molar-refractivity contribution in [1.29, 1.82) is 0 Å². The van der Waals surface area contributed by atoms with Crippen LogP contribution in [-0.2, 0) is 10.0 Å². The minimum Gasteiger partial charge on any atom is -0.350 e. The fourth-order valence-electron chi connectivity index (χ4n) is 2.21. The van der Waals surface area contributed by atoms with Crippen LogP contribution in [-0.4, -0.2) is 33.0 Å². The summed E-state index contributed by atoms with van der Waals surface area (Å²) in [5.41, 5.74) is 6.37. The maximum Gasteiger partial charge on any atom is 0.251 e. The summed E-state index contributed by atoms with van der Waals surface area (Å²) >= 11 is 0. The van der Waals surface area contributed by atoms with Gasteiger partial charge < -0.3 is 11.1 Å². The summed E-state index contributed by atoms with van der Waals surface area (Å²) in [6, 6.07) is 5.79. The molecule has 136 valence electrons. The third-order valence-electron chi connectivity index (χ3n) is 4.12. The van der Waals surface area contributed by atoms with E-state index in [0.717, 1.165) is 12.8 Å². The highest BCUT2D eigenvalue weighted by atomic mass is 35.5. The topological polar surface area (TPSA) is 101 Å². The molecule has 0 spiro atoms. The minimum absolute atomic E-state index is 0. The lowest BCUT2D eigenvalue weighted by Crippen LogP contribution is -2.38. The highest BCUT2D eigenvalue weighted by Crippen LogP contribution is 2.31. The molecule has 1 aliphatic rings. The van der Waals surface area contributed by atoms with E-state index < -0.39 is 10.0 Å². The first kappa shape index (κ1) is 20.9. The molecule has 0 bridgehead atoms. The second-order valence-electron chi connectivity index (χ2n) is 6.17. The molecule has 4 N–H and O–H groups in total. The molecule has 2 rings (SSSR count). The summed E-state index contributed by atoms with van der Waals surface area (Å²) in [6.07, 6.45) is 2.97. The van der Waals surface area contributed by atoms with Crippen molar-refractivity contribution in [2.75, 3.05) is 6.54 Å². The number of carbonyl (C=O) groups is 1. The van der Waals surface area contributed by atoms with Crippen molar-refractivity contribution >= 4 is 28.3 Å². The third kappa shape index (κ3) is 5.73. The van der Waals surface area contributed by atoms with E-state index >= 15 is 0 Å². The molecule has 1 aromatic rings. The van der Waals surface area contributed by atoms with Crippen LogP contribution in [0.5, 0.6) is 0 Å². The lowest BCUT2D eigenvalue weighted by molar-refractivity contribution is 0.0950. The Kier molecular flexibility index (Phi) is 7.66. The Balaban J connectivity index is 0.00000288. The summed E-state index contributed by atoms with van der Waals surface area (Å²) in [4.78, 5) is 12.2. The second kappa shape index (κ2) is 8.80. The second-order valence-corrected chi connectivity index (χ2v) is 7.88. The smallest absolute Gasteiger partial charge is 0.251 e. The molecule has 1 aliphatic carbocycles. The molecular weight excluding hydrogens is 350 g/mol. The maximum atomic E-state index is 12.2. The summed E-state index contributed by atoms with van der Waals surface area (Å²) < 4.78 is 26.9. The van der Waals surface area contributed by atoms with Gasteiger partial charge in [0.05, 0.1) is 4.90 Å². The molecule has 1 saturated carbocycles. The number of nitrogens with one attached hydrogen (secondary N) is 2. The van der Waals surface area contributed by atoms with E-state index in [4.69, 9.17) is 5.73 Å². The number of benzene rings is 1. The summed E-state index contributed by atoms with van der Waals surface area (Å²) in [7, 11) is -3.54. The van der Waals surface area contributed by atoms with Gasteiger partial charge in [0.1, 0.15) is 0 Å². The predicted octanol–water partition coefficient (Wildman–Crippen LogP) is 1.65. The van der Waals surface area contributed by atoms with Gasteiger partial charge in [0.15, 0.2) is 0 Å². The Morgan fingerprint density at radius 2 is 1.88 bits per heavy atom. The molecular formula is C16H26ClN3O3S. The summed E-state index contributed by atoms with van der Waals surface area (Å²) in [6.45, 7) is 4.16. The lowest BCUT2D eigenvalue weighted by atomic mass is 10.2. The standard InChI is InChI=1S/C16H25N3O3S.ClH/c1-3-11(2)19-23(21,22)14-8-6-13(7-9-14)16(20)18-10-15(17)12-4-5-12;/h6-9,11-12,15,19H,3-5,10,17H2,1-2H3,(H,18,20);1H. The minimum atomic E-state index is -3.54. The Hall–Kier alpha value is -1.15. The van der Waals surface area contributed by atoms with Gasteiger partial charge in [-0.3, -0.25) is 4.79 Å². The van der Waals surface area contributed by atoms with Crippen LogP contribution in [0.15, 0.2) is 29.2 Å². The van der Waals surface area contributed by atoms with Crippen molar-refractivity contribution in [3.8, 4) is 0 Å². The van der Waals surface area contributed by atoms with Crippen LogP contribution in [0, 0.1) is 5.92 Å². The van der Waals surface area contributed by atoms with Gasteiger partial charge in [-0.2, -0.15) is 0 Å². The number of rotatable bonds is 8. The molecule has 1 amide bonds. The highest BCUT2D eigenvalue weighted by molar-refractivity contribution is 7.89. The van der Waals surface area contributed by atoms with Crippen LogP contribution in [0.25, 0.3) is 0 Å². The number of halogens is 1. The number of carbonyl (C=O) groups excluding carboxylic acids is 1. The van der Waals surface area contributed by atoms with Crippen molar-refractivity contribution in [3.05, 3.63) is 29.8 Å². The van der Waals surface area contributed by atoms with Crippen LogP contribution in [0.1, 0.15) is 43.5 Å². The first-order valence-corrected chi connectivity index (χ1v) is 9.48. The van der Waals surface area contributed by atoms with Gasteiger partial charge in [-0.15, -0.1) is 12.4 Å². The zero-order valence-electron chi connectivity index (χ0n) is 14.0. The van der Waals surface area contributed by atoms with Gasteiger partial charge in [-0.05, 0) is 56.4 Å². The van der Waals surface area contributed by atoms with Crippen LogP contribution in [0.4, 0.5) is 0 Å². The van der Waals surface area contributed by atoms with Gasteiger partial charge in [-0.1, -0.05) is 6.92 Å². The maximum absolute atomic E-state index is 12.2. The van der Waals surface area contributed by atoms with Gasteiger partial charge >= 0.3 is 0 Å².